The monoisotopic (exact) mass is 461 g/mol. The van der Waals surface area contributed by atoms with Crippen LogP contribution in [0, 0.1) is 0 Å². The van der Waals surface area contributed by atoms with Gasteiger partial charge in [0, 0.05) is 24.4 Å². The largest absolute Gasteiger partial charge is 0.494 e. The highest BCUT2D eigenvalue weighted by atomic mass is 32.1. The molecule has 0 atom stereocenters. The Balaban J connectivity index is 1.14. The van der Waals surface area contributed by atoms with Crippen molar-refractivity contribution in [2.75, 3.05) is 13.2 Å². The second kappa shape index (κ2) is 11.1. The molecule has 0 saturated heterocycles. The molecule has 2 aromatic carbocycles. The molecule has 0 saturated carbocycles. The van der Waals surface area contributed by atoms with Crippen molar-refractivity contribution in [1.29, 1.82) is 0 Å². The van der Waals surface area contributed by atoms with E-state index in [-0.39, 0.29) is 10.8 Å². The number of ether oxygens (including phenoxy) is 1. The Hall–Kier alpha value is -3.88. The minimum Gasteiger partial charge on any atom is -0.494 e. The van der Waals surface area contributed by atoms with Crippen molar-refractivity contribution in [3.63, 3.8) is 0 Å². The fraction of sp³-hybridized carbons (Fsp3) is 0.120. The summed E-state index contributed by atoms with van der Waals surface area (Å²) >= 11 is 1.01. The summed E-state index contributed by atoms with van der Waals surface area (Å²) in [5.41, 5.74) is 6.76. The number of hydroxylamine groups is 1. The fourth-order valence-corrected chi connectivity index (χ4v) is 3.85. The van der Waals surface area contributed by atoms with E-state index < -0.39 is 0 Å². The van der Waals surface area contributed by atoms with Crippen LogP contribution in [0.4, 0.5) is 0 Å². The van der Waals surface area contributed by atoms with Gasteiger partial charge in [-0.15, -0.1) is 0 Å². The van der Waals surface area contributed by atoms with E-state index in [1.165, 1.54) is 0 Å². The van der Waals surface area contributed by atoms with E-state index in [0.717, 1.165) is 33.7 Å². The molecule has 4 rings (SSSR count). The van der Waals surface area contributed by atoms with Crippen LogP contribution in [0.5, 0.6) is 11.6 Å². The van der Waals surface area contributed by atoms with Crippen molar-refractivity contribution < 1.29 is 14.7 Å². The average molecular weight is 462 g/mol. The zero-order chi connectivity index (χ0) is 22.9. The summed E-state index contributed by atoms with van der Waals surface area (Å²) in [6, 6.07) is 21.6. The second-order valence-corrected chi connectivity index (χ2v) is 8.16. The van der Waals surface area contributed by atoms with Gasteiger partial charge in [0.05, 0.1) is 10.6 Å². The lowest BCUT2D eigenvalue weighted by atomic mass is 10.1. The highest BCUT2D eigenvalue weighted by Crippen LogP contribution is 2.22. The van der Waals surface area contributed by atoms with Crippen LogP contribution in [0.1, 0.15) is 16.1 Å². The number of pyridine rings is 1. The maximum absolute atomic E-state index is 11.3. The lowest BCUT2D eigenvalue weighted by Crippen LogP contribution is -2.13. The summed E-state index contributed by atoms with van der Waals surface area (Å²) in [6.07, 6.45) is 5.84. The molecule has 0 aliphatic rings. The summed E-state index contributed by atoms with van der Waals surface area (Å²) < 4.78 is 5.65. The van der Waals surface area contributed by atoms with Gasteiger partial charge in [-0.1, -0.05) is 59.9 Å². The van der Waals surface area contributed by atoms with Crippen LogP contribution < -0.4 is 15.1 Å². The molecule has 2 heterocycles. The first kappa shape index (κ1) is 22.3. The highest BCUT2D eigenvalue weighted by molar-refractivity contribution is 7.09. The van der Waals surface area contributed by atoms with Crippen molar-refractivity contribution in [2.24, 2.45) is 0 Å². The number of nitrogens with zero attached hydrogens (tertiary/aromatic N) is 1. The van der Waals surface area contributed by atoms with Crippen LogP contribution in [0.3, 0.4) is 0 Å². The van der Waals surface area contributed by atoms with E-state index in [1.807, 2.05) is 66.9 Å². The van der Waals surface area contributed by atoms with Crippen LogP contribution in [-0.4, -0.2) is 28.3 Å². The third-order valence-electron chi connectivity index (χ3n) is 4.74. The van der Waals surface area contributed by atoms with Gasteiger partial charge in [-0.05, 0) is 35.4 Å². The third-order valence-corrected chi connectivity index (χ3v) is 5.61. The van der Waals surface area contributed by atoms with Crippen LogP contribution in [0.25, 0.3) is 17.2 Å². The van der Waals surface area contributed by atoms with Gasteiger partial charge in [0.25, 0.3) is 0 Å². The quantitative estimate of drug-likeness (QED) is 0.240. The van der Waals surface area contributed by atoms with Gasteiger partial charge in [0.2, 0.25) is 5.88 Å². The molecule has 7 nitrogen and oxygen atoms in total. The second-order valence-electron chi connectivity index (χ2n) is 7.09. The Kier molecular flexibility index (Phi) is 7.52. The van der Waals surface area contributed by atoms with E-state index in [9.17, 15) is 9.90 Å². The molecular weight excluding hydrogens is 438 g/mol. The van der Waals surface area contributed by atoms with Gasteiger partial charge >= 0.3 is 4.87 Å². The lowest BCUT2D eigenvalue weighted by Gasteiger charge is -2.07. The number of thiazole rings is 1. The zero-order valence-electron chi connectivity index (χ0n) is 17.7. The normalized spacial score (nSPS) is 11.0. The molecule has 168 valence electrons. The van der Waals surface area contributed by atoms with Gasteiger partial charge in [-0.2, -0.15) is 0 Å². The Morgan fingerprint density at radius 1 is 1.00 bits per heavy atom. The molecule has 0 fully saturated rings. The topological polar surface area (TPSA) is 96.5 Å². The molecule has 8 heteroatoms. The molecule has 0 bridgehead atoms. The number of aromatic hydroxyl groups is 1. The molecule has 3 N–H and O–H groups in total. The number of nitrogens with one attached hydrogen (secondary N) is 2. The van der Waals surface area contributed by atoms with Gasteiger partial charge in [-0.25, -0.2) is 0 Å². The summed E-state index contributed by atoms with van der Waals surface area (Å²) in [5.74, 6) is 0.649. The number of hydrogen-bond donors (Lipinski definition) is 3. The van der Waals surface area contributed by atoms with Crippen LogP contribution >= 0.6 is 11.3 Å². The smallest absolute Gasteiger partial charge is 0.307 e. The Labute approximate surface area is 195 Å². The van der Waals surface area contributed by atoms with Crippen molar-refractivity contribution in [1.82, 2.24) is 15.4 Å². The van der Waals surface area contributed by atoms with Crippen molar-refractivity contribution in [3.05, 3.63) is 105 Å². The van der Waals surface area contributed by atoms with E-state index in [0.29, 0.717) is 30.3 Å². The molecule has 0 amide bonds. The molecule has 0 aliphatic heterocycles. The lowest BCUT2D eigenvalue weighted by molar-refractivity contribution is 0.0484. The molecule has 0 radical (unpaired) electrons. The standard InChI is InChI=1S/C25H23N3O4S/c29-24-23(33-25(30)28-24)16-18-6-10-22(11-7-18)31-14-15-32-27-13-12-21-9-8-20(17-26-21)19-4-2-1-3-5-19/h1-13,17,27,29H,14-16H2,(H,28,30). The number of aromatic nitrogens is 2. The van der Waals surface area contributed by atoms with Gasteiger partial charge in [0.15, 0.2) is 0 Å². The van der Waals surface area contributed by atoms with E-state index >= 15 is 0 Å². The first-order valence-corrected chi connectivity index (χ1v) is 11.2. The van der Waals surface area contributed by atoms with Gasteiger partial charge < -0.3 is 9.84 Å². The minimum absolute atomic E-state index is 0.0657. The van der Waals surface area contributed by atoms with Gasteiger partial charge in [-0.3, -0.25) is 25.1 Å². The Morgan fingerprint density at radius 3 is 2.52 bits per heavy atom. The third kappa shape index (κ3) is 6.55. The first-order chi connectivity index (χ1) is 16.2. The SMILES string of the molecule is O=c1[nH]c(O)c(Cc2ccc(OCCONC=Cc3ccc(-c4ccccc4)cn3)cc2)s1. The highest BCUT2D eigenvalue weighted by Gasteiger charge is 2.07. The number of benzene rings is 2. The zero-order valence-corrected chi connectivity index (χ0v) is 18.5. The summed E-state index contributed by atoms with van der Waals surface area (Å²) in [5, 5.41) is 9.67. The average Bonchev–Trinajstić information content (AvgIpc) is 3.16. The number of H-pyrrole nitrogens is 1. The minimum atomic E-state index is -0.261. The molecule has 33 heavy (non-hydrogen) atoms. The number of rotatable bonds is 10. The maximum atomic E-state index is 11.3. The first-order valence-electron chi connectivity index (χ1n) is 10.4. The fourth-order valence-electron chi connectivity index (χ4n) is 3.09. The summed E-state index contributed by atoms with van der Waals surface area (Å²) in [4.78, 5) is 23.8. The van der Waals surface area contributed by atoms with Crippen LogP contribution in [-0.2, 0) is 11.3 Å². The molecule has 2 aromatic heterocycles. The van der Waals surface area contributed by atoms with E-state index in [2.05, 4.69) is 27.6 Å². The molecule has 0 unspecified atom stereocenters. The van der Waals surface area contributed by atoms with E-state index in [4.69, 9.17) is 9.57 Å². The maximum Gasteiger partial charge on any atom is 0.307 e. The predicted octanol–water partition coefficient (Wildman–Crippen LogP) is 4.37. The molecule has 0 aliphatic carbocycles. The molecule has 0 spiro atoms. The van der Waals surface area contributed by atoms with Crippen LogP contribution in [0.15, 0.2) is 83.9 Å². The molecular formula is C25H23N3O4S. The summed E-state index contributed by atoms with van der Waals surface area (Å²) in [6.45, 7) is 0.738. The summed E-state index contributed by atoms with van der Waals surface area (Å²) in [7, 11) is 0. The van der Waals surface area contributed by atoms with E-state index in [1.54, 1.807) is 6.20 Å². The van der Waals surface area contributed by atoms with Gasteiger partial charge in [0.1, 0.15) is 19.0 Å². The predicted molar refractivity (Wildman–Crippen MR) is 129 cm³/mol. The number of hydrogen-bond acceptors (Lipinski definition) is 7. The van der Waals surface area contributed by atoms with Crippen molar-refractivity contribution in [2.45, 2.75) is 6.42 Å². The number of aromatic amines is 1. The Bertz CT molecular complexity index is 1230. The van der Waals surface area contributed by atoms with Crippen molar-refractivity contribution >= 4 is 17.4 Å². The van der Waals surface area contributed by atoms with Crippen LogP contribution in [0.2, 0.25) is 0 Å². The molecule has 4 aromatic rings. The Morgan fingerprint density at radius 2 is 1.82 bits per heavy atom. The van der Waals surface area contributed by atoms with Crippen molar-refractivity contribution in [3.8, 4) is 22.8 Å².